The van der Waals surface area contributed by atoms with E-state index in [1.165, 1.54) is 38.5 Å². The van der Waals surface area contributed by atoms with Gasteiger partial charge in [-0.3, -0.25) is 0 Å². The van der Waals surface area contributed by atoms with E-state index < -0.39 is 0 Å². The van der Waals surface area contributed by atoms with Gasteiger partial charge < -0.3 is 13.9 Å². The molecule has 69 heavy (non-hydrogen) atoms. The van der Waals surface area contributed by atoms with Gasteiger partial charge in [-0.2, -0.15) is 0 Å². The SMILES string of the molecule is c1ccc(-c2ccc(-c3ccccc3N(c3ccc(-c4cccc(-c5ccccc5-n5c6ccccc6c6ccccc65)c4)cc3)c3ccccc3-c3cccc4c3oc3ccccc34)cc2)cc1. The lowest BCUT2D eigenvalue weighted by Crippen LogP contribution is -2.12. The van der Waals surface area contributed by atoms with Gasteiger partial charge in [0.2, 0.25) is 0 Å². The van der Waals surface area contributed by atoms with Crippen molar-refractivity contribution in [1.29, 1.82) is 0 Å². The normalized spacial score (nSPS) is 11.5. The number of hydrogen-bond acceptors (Lipinski definition) is 2. The quantitative estimate of drug-likeness (QED) is 0.144. The number of benzene rings is 11. The van der Waals surface area contributed by atoms with Crippen molar-refractivity contribution < 1.29 is 4.42 Å². The molecule has 13 rings (SSSR count). The van der Waals surface area contributed by atoms with Crippen LogP contribution in [-0.4, -0.2) is 4.57 Å². The fourth-order valence-corrected chi connectivity index (χ4v) is 10.4. The van der Waals surface area contributed by atoms with Crippen molar-refractivity contribution >= 4 is 60.8 Å². The van der Waals surface area contributed by atoms with Crippen molar-refractivity contribution in [2.75, 3.05) is 4.90 Å². The van der Waals surface area contributed by atoms with Crippen LogP contribution in [0.25, 0.3) is 105 Å². The van der Waals surface area contributed by atoms with Crippen LogP contribution in [-0.2, 0) is 0 Å². The molecule has 0 unspecified atom stereocenters. The van der Waals surface area contributed by atoms with Gasteiger partial charge in [0.25, 0.3) is 0 Å². The van der Waals surface area contributed by atoms with Gasteiger partial charge in [0, 0.05) is 49.5 Å². The minimum atomic E-state index is 0.880. The summed E-state index contributed by atoms with van der Waals surface area (Å²) in [4.78, 5) is 2.42. The van der Waals surface area contributed by atoms with Gasteiger partial charge in [-0.15, -0.1) is 0 Å². The molecule has 11 aromatic carbocycles. The van der Waals surface area contributed by atoms with Crippen LogP contribution in [0.2, 0.25) is 0 Å². The van der Waals surface area contributed by atoms with Gasteiger partial charge in [-0.05, 0) is 88.0 Å². The van der Waals surface area contributed by atoms with Gasteiger partial charge >= 0.3 is 0 Å². The van der Waals surface area contributed by atoms with Crippen LogP contribution in [0, 0.1) is 0 Å². The zero-order chi connectivity index (χ0) is 45.7. The second-order valence-electron chi connectivity index (χ2n) is 17.6. The highest BCUT2D eigenvalue weighted by Gasteiger charge is 2.23. The first-order chi connectivity index (χ1) is 34.2. The molecule has 0 aliphatic carbocycles. The summed E-state index contributed by atoms with van der Waals surface area (Å²) in [5.41, 5.74) is 19.9. The predicted molar refractivity (Wildman–Crippen MR) is 290 cm³/mol. The maximum absolute atomic E-state index is 6.68. The fraction of sp³-hybridized carbons (Fsp3) is 0. The number of rotatable bonds is 9. The van der Waals surface area contributed by atoms with Crippen molar-refractivity contribution in [3.8, 4) is 61.3 Å². The lowest BCUT2D eigenvalue weighted by molar-refractivity contribution is 0.670. The molecule has 0 spiro atoms. The lowest BCUT2D eigenvalue weighted by atomic mass is 9.96. The third kappa shape index (κ3) is 6.99. The molecule has 0 fully saturated rings. The van der Waals surface area contributed by atoms with E-state index in [-0.39, 0.29) is 0 Å². The van der Waals surface area contributed by atoms with E-state index in [0.29, 0.717) is 0 Å². The van der Waals surface area contributed by atoms with Crippen molar-refractivity contribution in [2.24, 2.45) is 0 Å². The Hall–Kier alpha value is -9.18. The highest BCUT2D eigenvalue weighted by Crippen LogP contribution is 2.47. The number of para-hydroxylation sites is 7. The Morgan fingerprint density at radius 2 is 0.768 bits per heavy atom. The highest BCUT2D eigenvalue weighted by atomic mass is 16.3. The van der Waals surface area contributed by atoms with Crippen LogP contribution in [0.15, 0.2) is 271 Å². The van der Waals surface area contributed by atoms with E-state index >= 15 is 0 Å². The Kier molecular flexibility index (Phi) is 9.84. The van der Waals surface area contributed by atoms with Crippen molar-refractivity contribution in [3.05, 3.63) is 267 Å². The fourth-order valence-electron chi connectivity index (χ4n) is 10.4. The monoisotopic (exact) mass is 880 g/mol. The van der Waals surface area contributed by atoms with Crippen molar-refractivity contribution in [2.45, 2.75) is 0 Å². The minimum Gasteiger partial charge on any atom is -0.455 e. The van der Waals surface area contributed by atoms with E-state index in [0.717, 1.165) is 83.6 Å². The van der Waals surface area contributed by atoms with Crippen molar-refractivity contribution in [3.63, 3.8) is 0 Å². The van der Waals surface area contributed by atoms with Gasteiger partial charge in [-0.1, -0.05) is 212 Å². The zero-order valence-electron chi connectivity index (χ0n) is 37.7. The van der Waals surface area contributed by atoms with Crippen LogP contribution < -0.4 is 4.90 Å². The molecule has 3 nitrogen and oxygen atoms in total. The smallest absolute Gasteiger partial charge is 0.143 e. The Labute approximate surface area is 401 Å². The van der Waals surface area contributed by atoms with E-state index in [2.05, 4.69) is 270 Å². The number of nitrogens with zero attached hydrogens (tertiary/aromatic N) is 2. The summed E-state index contributed by atoms with van der Waals surface area (Å²) in [5.74, 6) is 0. The second kappa shape index (κ2) is 16.9. The van der Waals surface area contributed by atoms with E-state index in [1.54, 1.807) is 0 Å². The Morgan fingerprint density at radius 1 is 0.290 bits per heavy atom. The summed E-state index contributed by atoms with van der Waals surface area (Å²) in [6.07, 6.45) is 0. The molecular weight excluding hydrogens is 837 g/mol. The molecule has 0 saturated heterocycles. The molecule has 3 heteroatoms. The Morgan fingerprint density at radius 3 is 1.52 bits per heavy atom. The molecule has 13 aromatic rings. The molecular formula is C66H44N2O. The Bertz CT molecular complexity index is 3960. The number of fused-ring (bicyclic) bond motifs is 6. The number of furan rings is 1. The summed E-state index contributed by atoms with van der Waals surface area (Å²) in [6.45, 7) is 0. The molecule has 0 bridgehead atoms. The van der Waals surface area contributed by atoms with Crippen LogP contribution >= 0.6 is 0 Å². The first-order valence-electron chi connectivity index (χ1n) is 23.6. The number of anilines is 3. The van der Waals surface area contributed by atoms with Gasteiger partial charge in [-0.25, -0.2) is 0 Å². The van der Waals surface area contributed by atoms with Gasteiger partial charge in [0.05, 0.1) is 28.1 Å². The molecule has 0 aliphatic heterocycles. The summed E-state index contributed by atoms with van der Waals surface area (Å²) in [5, 5.41) is 4.72. The van der Waals surface area contributed by atoms with Crippen LogP contribution in [0.4, 0.5) is 17.1 Å². The van der Waals surface area contributed by atoms with E-state index in [4.69, 9.17) is 4.42 Å². The second-order valence-corrected chi connectivity index (χ2v) is 17.6. The molecule has 2 heterocycles. The number of aromatic nitrogens is 1. The highest BCUT2D eigenvalue weighted by molar-refractivity contribution is 6.12. The summed E-state index contributed by atoms with van der Waals surface area (Å²) in [6, 6.07) is 96.0. The molecule has 0 saturated carbocycles. The van der Waals surface area contributed by atoms with Crippen LogP contribution in [0.5, 0.6) is 0 Å². The maximum atomic E-state index is 6.68. The summed E-state index contributed by atoms with van der Waals surface area (Å²) in [7, 11) is 0. The van der Waals surface area contributed by atoms with E-state index in [9.17, 15) is 0 Å². The van der Waals surface area contributed by atoms with Gasteiger partial charge in [0.15, 0.2) is 0 Å². The minimum absolute atomic E-state index is 0.880. The van der Waals surface area contributed by atoms with Crippen LogP contribution in [0.3, 0.4) is 0 Å². The number of hydrogen-bond donors (Lipinski definition) is 0. The van der Waals surface area contributed by atoms with Crippen LogP contribution in [0.1, 0.15) is 0 Å². The predicted octanol–water partition coefficient (Wildman–Crippen LogP) is 18.5. The molecule has 0 aliphatic rings. The first-order valence-corrected chi connectivity index (χ1v) is 23.6. The first kappa shape index (κ1) is 40.1. The lowest BCUT2D eigenvalue weighted by Gasteiger charge is -2.30. The topological polar surface area (TPSA) is 21.3 Å². The maximum Gasteiger partial charge on any atom is 0.143 e. The summed E-state index contributed by atoms with van der Waals surface area (Å²) >= 11 is 0. The third-order valence-corrected chi connectivity index (χ3v) is 13.6. The molecule has 0 atom stereocenters. The average molecular weight is 881 g/mol. The molecule has 0 N–H and O–H groups in total. The van der Waals surface area contributed by atoms with Gasteiger partial charge in [0.1, 0.15) is 11.2 Å². The standard InChI is InChI=1S/C66H44N2O/c1-2-18-45(19-3-1)46-36-38-48(39-37-46)52-22-4-10-30-60(52)67(62-32-12-8-26-56(62)58-28-17-29-59-57-27-9-15-35-65(57)69-66(58)59)51-42-40-47(41-43-51)49-20-16-21-50(44-49)53-23-5-11-31-61(53)68-63-33-13-6-24-54(63)55-25-7-14-34-64(55)68/h1-44H. The molecule has 2 aromatic heterocycles. The largest absolute Gasteiger partial charge is 0.455 e. The van der Waals surface area contributed by atoms with Crippen molar-refractivity contribution in [1.82, 2.24) is 4.57 Å². The third-order valence-electron chi connectivity index (χ3n) is 13.6. The zero-order valence-corrected chi connectivity index (χ0v) is 37.7. The molecule has 324 valence electrons. The summed E-state index contributed by atoms with van der Waals surface area (Å²) < 4.78 is 9.09. The Balaban J connectivity index is 0.938. The average Bonchev–Trinajstić information content (AvgIpc) is 3.98. The molecule has 0 amide bonds. The van der Waals surface area contributed by atoms with E-state index in [1.807, 2.05) is 6.07 Å². The molecule has 0 radical (unpaired) electrons.